The van der Waals surface area contributed by atoms with E-state index in [1.165, 1.54) is 18.4 Å². The van der Waals surface area contributed by atoms with E-state index >= 15 is 0 Å². The Morgan fingerprint density at radius 2 is 2.12 bits per heavy atom. The molecule has 0 spiro atoms. The lowest BCUT2D eigenvalue weighted by molar-refractivity contribution is -0.121. The van der Waals surface area contributed by atoms with Crippen molar-refractivity contribution in [2.75, 3.05) is 46.5 Å². The van der Waals surface area contributed by atoms with E-state index in [0.717, 1.165) is 50.7 Å². The largest absolute Gasteiger partial charge is 0.496 e. The fourth-order valence-corrected chi connectivity index (χ4v) is 3.64. The van der Waals surface area contributed by atoms with Crippen LogP contribution >= 0.6 is 0 Å². The first kappa shape index (κ1) is 18.2. The monoisotopic (exact) mass is 346 g/mol. The van der Waals surface area contributed by atoms with Gasteiger partial charge in [0.15, 0.2) is 0 Å². The minimum atomic E-state index is 0.165. The smallest absolute Gasteiger partial charge is 0.220 e. The molecule has 5 nitrogen and oxygen atoms in total. The van der Waals surface area contributed by atoms with Crippen molar-refractivity contribution < 1.29 is 14.3 Å². The third kappa shape index (κ3) is 5.19. The van der Waals surface area contributed by atoms with E-state index < -0.39 is 0 Å². The number of carbonyl (C=O) groups is 1. The molecule has 1 saturated heterocycles. The van der Waals surface area contributed by atoms with Crippen molar-refractivity contribution in [3.05, 3.63) is 29.3 Å². The highest BCUT2D eigenvalue weighted by Gasteiger charge is 2.33. The lowest BCUT2D eigenvalue weighted by Gasteiger charge is -2.26. The third-order valence-corrected chi connectivity index (χ3v) is 5.30. The van der Waals surface area contributed by atoms with Gasteiger partial charge in [-0.15, -0.1) is 0 Å². The third-order valence-electron chi connectivity index (χ3n) is 5.30. The molecule has 1 aliphatic heterocycles. The standard InChI is InChI=1S/C20H30N2O3/c1-15-13-17(5-6-19(15)24-2)18(16-3-4-16)14-20(23)21-7-8-22-9-11-25-12-10-22/h5-6,13,16,18H,3-4,7-12,14H2,1-2H3,(H,21,23). The van der Waals surface area contributed by atoms with Crippen LogP contribution in [0.5, 0.6) is 5.75 Å². The number of hydrogen-bond acceptors (Lipinski definition) is 4. The summed E-state index contributed by atoms with van der Waals surface area (Å²) < 4.78 is 10.7. The number of amides is 1. The molecule has 1 unspecified atom stereocenters. The maximum atomic E-state index is 12.4. The predicted molar refractivity (Wildman–Crippen MR) is 98.1 cm³/mol. The van der Waals surface area contributed by atoms with Crippen molar-refractivity contribution >= 4 is 5.91 Å². The molecule has 1 heterocycles. The number of benzene rings is 1. The molecule has 0 radical (unpaired) electrons. The zero-order chi connectivity index (χ0) is 17.6. The molecule has 1 atom stereocenters. The van der Waals surface area contributed by atoms with Crippen LogP contribution < -0.4 is 10.1 Å². The van der Waals surface area contributed by atoms with E-state index in [2.05, 4.69) is 29.3 Å². The Morgan fingerprint density at radius 1 is 1.36 bits per heavy atom. The molecule has 0 bridgehead atoms. The van der Waals surface area contributed by atoms with Crippen LogP contribution in [0.15, 0.2) is 18.2 Å². The molecule has 3 rings (SSSR count). The number of rotatable bonds is 8. The summed E-state index contributed by atoms with van der Waals surface area (Å²) in [6, 6.07) is 6.33. The first-order chi connectivity index (χ1) is 12.2. The van der Waals surface area contributed by atoms with Gasteiger partial charge in [-0.2, -0.15) is 0 Å². The Balaban J connectivity index is 1.51. The molecule has 1 aromatic carbocycles. The van der Waals surface area contributed by atoms with E-state index in [1.54, 1.807) is 7.11 Å². The van der Waals surface area contributed by atoms with Gasteiger partial charge in [0.1, 0.15) is 5.75 Å². The van der Waals surface area contributed by atoms with E-state index in [4.69, 9.17) is 9.47 Å². The number of nitrogens with one attached hydrogen (secondary N) is 1. The van der Waals surface area contributed by atoms with Gasteiger partial charge in [0, 0.05) is 32.6 Å². The Labute approximate surface area is 150 Å². The van der Waals surface area contributed by atoms with Crippen molar-refractivity contribution in [2.24, 2.45) is 5.92 Å². The molecule has 138 valence electrons. The molecule has 1 saturated carbocycles. The molecule has 5 heteroatoms. The summed E-state index contributed by atoms with van der Waals surface area (Å²) in [6.07, 6.45) is 3.05. The van der Waals surface area contributed by atoms with Crippen molar-refractivity contribution in [3.63, 3.8) is 0 Å². The van der Waals surface area contributed by atoms with Crippen molar-refractivity contribution in [1.82, 2.24) is 10.2 Å². The highest BCUT2D eigenvalue weighted by Crippen LogP contribution is 2.45. The van der Waals surface area contributed by atoms with Crippen molar-refractivity contribution in [3.8, 4) is 5.75 Å². The van der Waals surface area contributed by atoms with Crippen LogP contribution in [0, 0.1) is 12.8 Å². The Hall–Kier alpha value is -1.59. The predicted octanol–water partition coefficient (Wildman–Crippen LogP) is 2.34. The highest BCUT2D eigenvalue weighted by atomic mass is 16.5. The quantitative estimate of drug-likeness (QED) is 0.785. The molecule has 1 N–H and O–H groups in total. The second kappa shape index (κ2) is 8.68. The van der Waals surface area contributed by atoms with Crippen LogP contribution in [0.2, 0.25) is 0 Å². The van der Waals surface area contributed by atoms with Gasteiger partial charge in [-0.1, -0.05) is 12.1 Å². The Kier molecular flexibility index (Phi) is 6.32. The molecular weight excluding hydrogens is 316 g/mol. The van der Waals surface area contributed by atoms with E-state index in [-0.39, 0.29) is 5.91 Å². The van der Waals surface area contributed by atoms with Gasteiger partial charge in [0.2, 0.25) is 5.91 Å². The van der Waals surface area contributed by atoms with Crippen LogP contribution in [-0.2, 0) is 9.53 Å². The summed E-state index contributed by atoms with van der Waals surface area (Å²) >= 11 is 0. The summed E-state index contributed by atoms with van der Waals surface area (Å²) in [5.74, 6) is 2.05. The van der Waals surface area contributed by atoms with Gasteiger partial charge in [-0.3, -0.25) is 9.69 Å². The molecule has 2 fully saturated rings. The first-order valence-corrected chi connectivity index (χ1v) is 9.38. The van der Waals surface area contributed by atoms with Gasteiger partial charge in [-0.25, -0.2) is 0 Å². The second-order valence-corrected chi connectivity index (χ2v) is 7.18. The fourth-order valence-electron chi connectivity index (χ4n) is 3.64. The average Bonchev–Trinajstić information content (AvgIpc) is 3.45. The number of aryl methyl sites for hydroxylation is 1. The Bertz CT molecular complexity index is 580. The number of hydrogen-bond donors (Lipinski definition) is 1. The van der Waals surface area contributed by atoms with Crippen LogP contribution in [0.25, 0.3) is 0 Å². The topological polar surface area (TPSA) is 50.8 Å². The number of nitrogens with zero attached hydrogens (tertiary/aromatic N) is 1. The maximum Gasteiger partial charge on any atom is 0.220 e. The lowest BCUT2D eigenvalue weighted by Crippen LogP contribution is -2.41. The van der Waals surface area contributed by atoms with Crippen LogP contribution in [0.1, 0.15) is 36.3 Å². The number of morpholine rings is 1. The van der Waals surface area contributed by atoms with E-state index in [0.29, 0.717) is 18.3 Å². The minimum Gasteiger partial charge on any atom is -0.496 e. The number of methoxy groups -OCH3 is 1. The van der Waals surface area contributed by atoms with Crippen LogP contribution in [-0.4, -0.2) is 57.3 Å². The summed E-state index contributed by atoms with van der Waals surface area (Å²) in [5, 5.41) is 3.10. The normalized spacial score (nSPS) is 19.4. The molecule has 0 aromatic heterocycles. The summed E-state index contributed by atoms with van der Waals surface area (Å²) in [4.78, 5) is 14.8. The minimum absolute atomic E-state index is 0.165. The van der Waals surface area contributed by atoms with Crippen LogP contribution in [0.3, 0.4) is 0 Å². The first-order valence-electron chi connectivity index (χ1n) is 9.38. The summed E-state index contributed by atoms with van der Waals surface area (Å²) in [7, 11) is 1.70. The molecule has 1 aliphatic carbocycles. The molecule has 25 heavy (non-hydrogen) atoms. The molecule has 1 aromatic rings. The van der Waals surface area contributed by atoms with Gasteiger partial charge in [-0.05, 0) is 48.8 Å². The van der Waals surface area contributed by atoms with Crippen molar-refractivity contribution in [2.45, 2.75) is 32.1 Å². The second-order valence-electron chi connectivity index (χ2n) is 7.18. The average molecular weight is 346 g/mol. The summed E-state index contributed by atoms with van der Waals surface area (Å²) in [5.41, 5.74) is 2.41. The van der Waals surface area contributed by atoms with E-state index in [9.17, 15) is 4.79 Å². The van der Waals surface area contributed by atoms with Gasteiger partial charge in [0.05, 0.1) is 20.3 Å². The summed E-state index contributed by atoms with van der Waals surface area (Å²) in [6.45, 7) is 7.22. The zero-order valence-electron chi connectivity index (χ0n) is 15.4. The number of ether oxygens (including phenoxy) is 2. The number of carbonyl (C=O) groups excluding carboxylic acids is 1. The fraction of sp³-hybridized carbons (Fsp3) is 0.650. The van der Waals surface area contributed by atoms with Crippen molar-refractivity contribution in [1.29, 1.82) is 0 Å². The van der Waals surface area contributed by atoms with Gasteiger partial charge in [0.25, 0.3) is 0 Å². The van der Waals surface area contributed by atoms with E-state index in [1.807, 2.05) is 6.07 Å². The maximum absolute atomic E-state index is 12.4. The van der Waals surface area contributed by atoms with Gasteiger partial charge < -0.3 is 14.8 Å². The lowest BCUT2D eigenvalue weighted by atomic mass is 9.89. The van der Waals surface area contributed by atoms with Crippen LogP contribution in [0.4, 0.5) is 0 Å². The highest BCUT2D eigenvalue weighted by molar-refractivity contribution is 5.77. The zero-order valence-corrected chi connectivity index (χ0v) is 15.4. The Morgan fingerprint density at radius 3 is 2.76 bits per heavy atom. The molecular formula is C20H30N2O3. The molecule has 1 amide bonds. The molecule has 2 aliphatic rings. The van der Waals surface area contributed by atoms with Gasteiger partial charge >= 0.3 is 0 Å². The SMILES string of the molecule is COc1ccc(C(CC(=O)NCCN2CCOCC2)C2CC2)cc1C.